The third-order valence-electron chi connectivity index (χ3n) is 5.10. The SMILES string of the molecule is COc1cc(/C=C2/C(=O)N(c3ccccc3)N=C2C)cc(I)c1OCC(=O)Nc1ccc(F)cc1. The van der Waals surface area contributed by atoms with Crippen LogP contribution in [0.2, 0.25) is 0 Å². The molecule has 0 fully saturated rings. The van der Waals surface area contributed by atoms with E-state index < -0.39 is 5.91 Å². The fourth-order valence-electron chi connectivity index (χ4n) is 3.43. The zero-order chi connectivity index (χ0) is 24.9. The van der Waals surface area contributed by atoms with Crippen molar-refractivity contribution >= 4 is 57.6 Å². The van der Waals surface area contributed by atoms with E-state index in [1.807, 2.05) is 36.4 Å². The minimum absolute atomic E-state index is 0.222. The van der Waals surface area contributed by atoms with Crippen molar-refractivity contribution in [3.05, 3.63) is 87.3 Å². The quantitative estimate of drug-likeness (QED) is 0.303. The maximum atomic E-state index is 13.0. The highest BCUT2D eigenvalue weighted by Crippen LogP contribution is 2.35. The Hall–Kier alpha value is -3.73. The summed E-state index contributed by atoms with van der Waals surface area (Å²) in [6.45, 7) is 1.52. The van der Waals surface area contributed by atoms with E-state index in [1.165, 1.54) is 36.4 Å². The maximum Gasteiger partial charge on any atom is 0.280 e. The number of methoxy groups -OCH3 is 1. The van der Waals surface area contributed by atoms with E-state index >= 15 is 0 Å². The lowest BCUT2D eigenvalue weighted by molar-refractivity contribution is -0.118. The number of rotatable bonds is 7. The molecule has 3 aromatic rings. The molecule has 1 aliphatic rings. The van der Waals surface area contributed by atoms with Crippen molar-refractivity contribution in [3.8, 4) is 11.5 Å². The van der Waals surface area contributed by atoms with Crippen LogP contribution in [0.5, 0.6) is 11.5 Å². The smallest absolute Gasteiger partial charge is 0.280 e. The third-order valence-corrected chi connectivity index (χ3v) is 5.90. The van der Waals surface area contributed by atoms with Crippen molar-refractivity contribution < 1.29 is 23.5 Å². The molecule has 2 amide bonds. The highest BCUT2D eigenvalue weighted by molar-refractivity contribution is 14.1. The number of nitrogens with zero attached hydrogens (tertiary/aromatic N) is 2. The van der Waals surface area contributed by atoms with Gasteiger partial charge >= 0.3 is 0 Å². The van der Waals surface area contributed by atoms with Gasteiger partial charge in [0.25, 0.3) is 11.8 Å². The molecule has 3 aromatic carbocycles. The molecule has 0 unspecified atom stereocenters. The Morgan fingerprint density at radius 1 is 1.14 bits per heavy atom. The Balaban J connectivity index is 1.50. The average Bonchev–Trinajstić information content (AvgIpc) is 3.13. The summed E-state index contributed by atoms with van der Waals surface area (Å²) in [5, 5.41) is 8.42. The van der Waals surface area contributed by atoms with Crippen molar-refractivity contribution in [3.63, 3.8) is 0 Å². The molecule has 0 aromatic heterocycles. The Morgan fingerprint density at radius 3 is 2.54 bits per heavy atom. The van der Waals surface area contributed by atoms with Crippen molar-refractivity contribution in [2.24, 2.45) is 5.10 Å². The Morgan fingerprint density at radius 2 is 1.86 bits per heavy atom. The minimum Gasteiger partial charge on any atom is -0.493 e. The van der Waals surface area contributed by atoms with Gasteiger partial charge in [0.1, 0.15) is 5.82 Å². The molecule has 0 radical (unpaired) electrons. The van der Waals surface area contributed by atoms with Crippen LogP contribution in [0.25, 0.3) is 6.08 Å². The number of hydrazone groups is 1. The molecule has 1 heterocycles. The molecule has 0 saturated carbocycles. The van der Waals surface area contributed by atoms with Gasteiger partial charge in [0.15, 0.2) is 18.1 Å². The summed E-state index contributed by atoms with van der Waals surface area (Å²) < 4.78 is 24.9. The summed E-state index contributed by atoms with van der Waals surface area (Å²) in [5.41, 5.74) is 2.95. The second-order valence-corrected chi connectivity index (χ2v) is 8.74. The summed E-state index contributed by atoms with van der Waals surface area (Å²) in [7, 11) is 1.50. The molecule has 0 bridgehead atoms. The second kappa shape index (κ2) is 10.7. The van der Waals surface area contributed by atoms with Gasteiger partial charge in [0.05, 0.1) is 27.7 Å². The van der Waals surface area contributed by atoms with Crippen LogP contribution in [0.4, 0.5) is 15.8 Å². The highest BCUT2D eigenvalue weighted by Gasteiger charge is 2.28. The lowest BCUT2D eigenvalue weighted by Gasteiger charge is -2.14. The number of nitrogens with one attached hydrogen (secondary N) is 1. The largest absolute Gasteiger partial charge is 0.493 e. The topological polar surface area (TPSA) is 80.2 Å². The Kier molecular flexibility index (Phi) is 7.45. The van der Waals surface area contributed by atoms with E-state index in [0.717, 1.165) is 5.56 Å². The van der Waals surface area contributed by atoms with Crippen LogP contribution < -0.4 is 19.8 Å². The monoisotopic (exact) mass is 585 g/mol. The summed E-state index contributed by atoms with van der Waals surface area (Å²) in [4.78, 5) is 25.3. The van der Waals surface area contributed by atoms with E-state index in [4.69, 9.17) is 9.47 Å². The molecule has 7 nitrogen and oxygen atoms in total. The van der Waals surface area contributed by atoms with Gasteiger partial charge in [-0.05, 0) is 89.7 Å². The first-order chi connectivity index (χ1) is 16.9. The maximum absolute atomic E-state index is 13.0. The molecule has 0 atom stereocenters. The summed E-state index contributed by atoms with van der Waals surface area (Å²) in [6.07, 6.45) is 1.75. The van der Waals surface area contributed by atoms with Crippen LogP contribution in [-0.4, -0.2) is 31.2 Å². The molecule has 0 aliphatic carbocycles. The minimum atomic E-state index is -0.398. The van der Waals surface area contributed by atoms with Crippen LogP contribution in [-0.2, 0) is 9.59 Å². The van der Waals surface area contributed by atoms with Gasteiger partial charge in [-0.1, -0.05) is 18.2 Å². The van der Waals surface area contributed by atoms with Gasteiger partial charge in [-0.2, -0.15) is 10.1 Å². The predicted octanol–water partition coefficient (Wildman–Crippen LogP) is 5.26. The summed E-state index contributed by atoms with van der Waals surface area (Å²) in [5.74, 6) is -0.190. The number of benzene rings is 3. The van der Waals surface area contributed by atoms with E-state index in [2.05, 4.69) is 33.0 Å². The molecule has 178 valence electrons. The first kappa shape index (κ1) is 24.4. The fraction of sp³-hybridized carbons (Fsp3) is 0.115. The number of hydrogen-bond donors (Lipinski definition) is 1. The van der Waals surface area contributed by atoms with Crippen LogP contribution >= 0.6 is 22.6 Å². The fourth-order valence-corrected chi connectivity index (χ4v) is 4.21. The average molecular weight is 585 g/mol. The summed E-state index contributed by atoms with van der Waals surface area (Å²) >= 11 is 2.09. The number of para-hydroxylation sites is 1. The molecule has 1 aliphatic heterocycles. The molecular formula is C26H21FIN3O4. The molecule has 1 N–H and O–H groups in total. The van der Waals surface area contributed by atoms with E-state index in [0.29, 0.717) is 37.7 Å². The van der Waals surface area contributed by atoms with Crippen LogP contribution in [0.3, 0.4) is 0 Å². The van der Waals surface area contributed by atoms with Gasteiger partial charge in [-0.25, -0.2) is 4.39 Å². The van der Waals surface area contributed by atoms with Gasteiger partial charge in [-0.15, -0.1) is 0 Å². The number of halogens is 2. The van der Waals surface area contributed by atoms with E-state index in [-0.39, 0.29) is 18.3 Å². The molecule has 4 rings (SSSR count). The van der Waals surface area contributed by atoms with E-state index in [9.17, 15) is 14.0 Å². The number of ether oxygens (including phenoxy) is 2. The third kappa shape index (κ3) is 5.68. The number of carbonyl (C=O) groups is 2. The van der Waals surface area contributed by atoms with Gasteiger partial charge in [0.2, 0.25) is 0 Å². The zero-order valence-corrected chi connectivity index (χ0v) is 21.1. The van der Waals surface area contributed by atoms with Crippen molar-refractivity contribution in [2.75, 3.05) is 24.0 Å². The highest BCUT2D eigenvalue weighted by atomic mass is 127. The lowest BCUT2D eigenvalue weighted by Crippen LogP contribution is -2.21. The number of carbonyl (C=O) groups excluding carboxylic acids is 2. The van der Waals surface area contributed by atoms with Crippen molar-refractivity contribution in [2.45, 2.75) is 6.92 Å². The first-order valence-corrected chi connectivity index (χ1v) is 11.7. The van der Waals surface area contributed by atoms with Crippen LogP contribution in [0.1, 0.15) is 12.5 Å². The number of hydrogen-bond acceptors (Lipinski definition) is 5. The predicted molar refractivity (Wildman–Crippen MR) is 141 cm³/mol. The van der Waals surface area contributed by atoms with Crippen LogP contribution in [0, 0.1) is 9.39 Å². The first-order valence-electron chi connectivity index (χ1n) is 10.6. The molecule has 0 spiro atoms. The van der Waals surface area contributed by atoms with E-state index in [1.54, 1.807) is 19.1 Å². The van der Waals surface area contributed by atoms with Crippen molar-refractivity contribution in [1.29, 1.82) is 0 Å². The van der Waals surface area contributed by atoms with Crippen LogP contribution in [0.15, 0.2) is 77.4 Å². The zero-order valence-electron chi connectivity index (χ0n) is 18.9. The summed E-state index contributed by atoms with van der Waals surface area (Å²) in [6, 6.07) is 18.2. The standard InChI is InChI=1S/C26H21FIN3O4/c1-16-21(26(33)31(30-16)20-6-4-3-5-7-20)12-17-13-22(28)25(23(14-17)34-2)35-15-24(32)29-19-10-8-18(27)9-11-19/h3-14H,15H2,1-2H3,(H,29,32)/b21-12+. The number of amides is 2. The van der Waals surface area contributed by atoms with Gasteiger partial charge in [-0.3, -0.25) is 9.59 Å². The molecule has 0 saturated heterocycles. The molecule has 35 heavy (non-hydrogen) atoms. The Bertz CT molecular complexity index is 1320. The lowest BCUT2D eigenvalue weighted by atomic mass is 10.1. The molecular weight excluding hydrogens is 564 g/mol. The Labute approximate surface area is 215 Å². The normalized spacial score (nSPS) is 14.2. The number of anilines is 2. The van der Waals surface area contributed by atoms with Crippen molar-refractivity contribution in [1.82, 2.24) is 0 Å². The van der Waals surface area contributed by atoms with Gasteiger partial charge in [0, 0.05) is 5.69 Å². The van der Waals surface area contributed by atoms with Gasteiger partial charge < -0.3 is 14.8 Å². The second-order valence-electron chi connectivity index (χ2n) is 7.57. The molecule has 9 heteroatoms.